The second-order valence-corrected chi connectivity index (χ2v) is 7.55. The Morgan fingerprint density at radius 3 is 3.04 bits per heavy atom. The number of rotatable bonds is 2. The number of hydrogen-bond acceptors (Lipinski definition) is 3. The second kappa shape index (κ2) is 6.41. The summed E-state index contributed by atoms with van der Waals surface area (Å²) in [6, 6.07) is 12.4. The Morgan fingerprint density at radius 2 is 2.15 bits per heavy atom. The molecule has 0 spiro atoms. The maximum Gasteiger partial charge on any atom is 0.254 e. The van der Waals surface area contributed by atoms with Crippen LogP contribution in [0.25, 0.3) is 11.0 Å². The topological polar surface area (TPSA) is 58.2 Å². The molecule has 0 radical (unpaired) electrons. The second-order valence-electron chi connectivity index (χ2n) is 7.55. The van der Waals surface area contributed by atoms with E-state index < -0.39 is 0 Å². The van der Waals surface area contributed by atoms with Crippen LogP contribution in [0.1, 0.15) is 46.7 Å². The van der Waals surface area contributed by atoms with Gasteiger partial charge in [-0.2, -0.15) is 0 Å². The van der Waals surface area contributed by atoms with E-state index in [1.165, 1.54) is 11.1 Å². The van der Waals surface area contributed by atoms with E-state index in [-0.39, 0.29) is 11.9 Å². The molecule has 1 amide bonds. The van der Waals surface area contributed by atoms with Crippen molar-refractivity contribution in [2.75, 3.05) is 13.7 Å². The average Bonchev–Trinajstić information content (AvgIpc) is 3.20. The third-order valence-electron chi connectivity index (χ3n) is 6.17. The fourth-order valence-corrected chi connectivity index (χ4v) is 4.84. The molecule has 2 atom stereocenters. The van der Waals surface area contributed by atoms with Crippen molar-refractivity contribution in [3.05, 3.63) is 59.4 Å². The van der Waals surface area contributed by atoms with Crippen LogP contribution in [0.3, 0.4) is 0 Å². The number of methoxy groups -OCH3 is 1. The number of likely N-dealkylation sites (tertiary alicyclic amines) is 1. The van der Waals surface area contributed by atoms with Crippen LogP contribution in [-0.4, -0.2) is 40.5 Å². The summed E-state index contributed by atoms with van der Waals surface area (Å²) < 4.78 is 5.45. The lowest BCUT2D eigenvalue weighted by Gasteiger charge is -2.45. The summed E-state index contributed by atoms with van der Waals surface area (Å²) in [5, 5.41) is 0. The Morgan fingerprint density at radius 1 is 1.22 bits per heavy atom. The quantitative estimate of drug-likeness (QED) is 0.753. The summed E-state index contributed by atoms with van der Waals surface area (Å²) in [6.07, 6.45) is 5.89. The number of aromatic nitrogens is 2. The van der Waals surface area contributed by atoms with E-state index >= 15 is 0 Å². The first-order valence-electron chi connectivity index (χ1n) is 9.65. The van der Waals surface area contributed by atoms with Crippen molar-refractivity contribution in [2.24, 2.45) is 0 Å². The molecule has 1 aliphatic carbocycles. The first-order chi connectivity index (χ1) is 13.2. The van der Waals surface area contributed by atoms with Crippen molar-refractivity contribution in [1.29, 1.82) is 0 Å². The van der Waals surface area contributed by atoms with Gasteiger partial charge in [-0.3, -0.25) is 4.79 Å². The largest absolute Gasteiger partial charge is 0.497 e. The Kier molecular flexibility index (Phi) is 3.88. The molecule has 5 rings (SSSR count). The SMILES string of the molecule is COc1ccc2c(c1)[C@H]1CCCN(C(=O)c3ccc4nc[nH]c4c3)[C@H]1CC2. The number of H-pyrrole nitrogens is 1. The van der Waals surface area contributed by atoms with E-state index in [0.717, 1.165) is 54.6 Å². The number of nitrogens with one attached hydrogen (secondary N) is 1. The highest BCUT2D eigenvalue weighted by Crippen LogP contribution is 2.42. The summed E-state index contributed by atoms with van der Waals surface area (Å²) in [7, 11) is 1.71. The summed E-state index contributed by atoms with van der Waals surface area (Å²) in [4.78, 5) is 22.8. The minimum atomic E-state index is 0.132. The number of piperidine rings is 1. The molecule has 1 saturated heterocycles. The van der Waals surface area contributed by atoms with E-state index in [1.54, 1.807) is 13.4 Å². The molecule has 27 heavy (non-hydrogen) atoms. The molecular weight excluding hydrogens is 338 g/mol. The Bertz CT molecular complexity index is 1010. The molecular formula is C22H23N3O2. The fourth-order valence-electron chi connectivity index (χ4n) is 4.84. The van der Waals surface area contributed by atoms with E-state index in [0.29, 0.717) is 5.92 Å². The van der Waals surface area contributed by atoms with Gasteiger partial charge in [-0.05, 0) is 67.1 Å². The van der Waals surface area contributed by atoms with Crippen LogP contribution in [0.2, 0.25) is 0 Å². The highest BCUT2D eigenvalue weighted by atomic mass is 16.5. The van der Waals surface area contributed by atoms with Gasteiger partial charge in [-0.15, -0.1) is 0 Å². The number of amides is 1. The Balaban J connectivity index is 1.47. The number of nitrogens with zero attached hydrogens (tertiary/aromatic N) is 2. The first-order valence-corrected chi connectivity index (χ1v) is 9.65. The third kappa shape index (κ3) is 2.69. The molecule has 5 nitrogen and oxygen atoms in total. The zero-order chi connectivity index (χ0) is 18.4. The Labute approximate surface area is 158 Å². The predicted octanol–water partition coefficient (Wildman–Crippen LogP) is 3.91. The van der Waals surface area contributed by atoms with Gasteiger partial charge in [0.25, 0.3) is 5.91 Å². The number of imidazole rings is 1. The molecule has 1 N–H and O–H groups in total. The number of hydrogen-bond donors (Lipinski definition) is 1. The van der Waals surface area contributed by atoms with E-state index in [4.69, 9.17) is 4.74 Å². The van der Waals surface area contributed by atoms with Crippen LogP contribution in [-0.2, 0) is 6.42 Å². The van der Waals surface area contributed by atoms with Crippen LogP contribution in [0.15, 0.2) is 42.7 Å². The number of fused-ring (bicyclic) bond motifs is 4. The van der Waals surface area contributed by atoms with Gasteiger partial charge >= 0.3 is 0 Å². The lowest BCUT2D eigenvalue weighted by molar-refractivity contribution is 0.0547. The van der Waals surface area contributed by atoms with Crippen molar-refractivity contribution >= 4 is 16.9 Å². The van der Waals surface area contributed by atoms with Crippen LogP contribution in [0.5, 0.6) is 5.75 Å². The van der Waals surface area contributed by atoms with Gasteiger partial charge in [-0.1, -0.05) is 6.07 Å². The predicted molar refractivity (Wildman–Crippen MR) is 104 cm³/mol. The van der Waals surface area contributed by atoms with Crippen molar-refractivity contribution in [2.45, 2.75) is 37.6 Å². The van der Waals surface area contributed by atoms with E-state index in [1.807, 2.05) is 24.3 Å². The molecule has 3 aromatic rings. The number of ether oxygens (including phenoxy) is 1. The standard InChI is InChI=1S/C22H23N3O2/c1-27-16-7-4-14-6-9-21-17(18(14)12-16)3-2-10-25(21)22(26)15-5-8-19-20(11-15)24-13-23-19/h4-5,7-8,11-13,17,21H,2-3,6,9-10H2,1H3,(H,23,24)/t17-,21+/m1/s1. The summed E-state index contributed by atoms with van der Waals surface area (Å²) in [5.41, 5.74) is 5.32. The monoisotopic (exact) mass is 361 g/mol. The zero-order valence-electron chi connectivity index (χ0n) is 15.4. The van der Waals surface area contributed by atoms with Crippen LogP contribution in [0, 0.1) is 0 Å². The molecule has 0 unspecified atom stereocenters. The summed E-state index contributed by atoms with van der Waals surface area (Å²) >= 11 is 0. The van der Waals surface area contributed by atoms with Gasteiger partial charge in [0.1, 0.15) is 5.75 Å². The number of aromatic amines is 1. The molecule has 1 aliphatic heterocycles. The minimum Gasteiger partial charge on any atom is -0.497 e. The molecule has 0 bridgehead atoms. The van der Waals surface area contributed by atoms with Gasteiger partial charge in [0.2, 0.25) is 0 Å². The lowest BCUT2D eigenvalue weighted by Crippen LogP contribution is -2.49. The minimum absolute atomic E-state index is 0.132. The van der Waals surface area contributed by atoms with E-state index in [2.05, 4.69) is 27.0 Å². The maximum atomic E-state index is 13.3. The number of aryl methyl sites for hydroxylation is 1. The van der Waals surface area contributed by atoms with Crippen molar-refractivity contribution in [3.8, 4) is 5.75 Å². The Hall–Kier alpha value is -2.82. The van der Waals surface area contributed by atoms with Gasteiger partial charge in [-0.25, -0.2) is 4.98 Å². The zero-order valence-corrected chi connectivity index (χ0v) is 15.4. The van der Waals surface area contributed by atoms with Gasteiger partial charge in [0.15, 0.2) is 0 Å². The molecule has 138 valence electrons. The smallest absolute Gasteiger partial charge is 0.254 e. The van der Waals surface area contributed by atoms with E-state index in [9.17, 15) is 4.79 Å². The van der Waals surface area contributed by atoms with Gasteiger partial charge in [0, 0.05) is 24.1 Å². The first kappa shape index (κ1) is 16.4. The van der Waals surface area contributed by atoms with Crippen LogP contribution < -0.4 is 4.74 Å². The number of carbonyl (C=O) groups excluding carboxylic acids is 1. The lowest BCUT2D eigenvalue weighted by atomic mass is 9.74. The molecule has 1 fully saturated rings. The average molecular weight is 361 g/mol. The number of carbonyl (C=O) groups is 1. The molecule has 0 saturated carbocycles. The summed E-state index contributed by atoms with van der Waals surface area (Å²) in [6.45, 7) is 0.834. The third-order valence-corrected chi connectivity index (χ3v) is 6.17. The van der Waals surface area contributed by atoms with Crippen molar-refractivity contribution in [1.82, 2.24) is 14.9 Å². The molecule has 2 heterocycles. The number of benzene rings is 2. The van der Waals surface area contributed by atoms with Crippen molar-refractivity contribution in [3.63, 3.8) is 0 Å². The molecule has 2 aliphatic rings. The highest BCUT2D eigenvalue weighted by molar-refractivity contribution is 5.97. The van der Waals surface area contributed by atoms with Crippen molar-refractivity contribution < 1.29 is 9.53 Å². The molecule has 2 aromatic carbocycles. The fraction of sp³-hybridized carbons (Fsp3) is 0.364. The molecule has 1 aromatic heterocycles. The van der Waals surface area contributed by atoms with Crippen LogP contribution >= 0.6 is 0 Å². The van der Waals surface area contributed by atoms with Gasteiger partial charge in [0.05, 0.1) is 24.5 Å². The van der Waals surface area contributed by atoms with Gasteiger partial charge < -0.3 is 14.6 Å². The normalized spacial score (nSPS) is 21.6. The molecule has 5 heteroatoms. The summed E-state index contributed by atoms with van der Waals surface area (Å²) in [5.74, 6) is 1.44. The highest BCUT2D eigenvalue weighted by Gasteiger charge is 2.38. The van der Waals surface area contributed by atoms with Crippen LogP contribution in [0.4, 0.5) is 0 Å². The maximum absolute atomic E-state index is 13.3.